The minimum Gasteiger partial charge on any atom is -0.382 e. The van der Waals surface area contributed by atoms with Crippen molar-refractivity contribution in [2.24, 2.45) is 5.73 Å². The predicted octanol–water partition coefficient (Wildman–Crippen LogP) is 1.73. The fourth-order valence-corrected chi connectivity index (χ4v) is 1.72. The van der Waals surface area contributed by atoms with Gasteiger partial charge in [-0.15, -0.1) is 12.4 Å². The smallest absolute Gasteiger partial charge is 0.0704 e. The third-order valence-corrected chi connectivity index (χ3v) is 2.72. The monoisotopic (exact) mass is 223 g/mol. The van der Waals surface area contributed by atoms with E-state index in [9.17, 15) is 0 Å². The molecule has 0 aromatic rings. The SMILES string of the molecule is COCCOC1CCC(C)(N)CC1.Cl. The summed E-state index contributed by atoms with van der Waals surface area (Å²) in [5.74, 6) is 0. The van der Waals surface area contributed by atoms with E-state index in [1.807, 2.05) is 0 Å². The van der Waals surface area contributed by atoms with Gasteiger partial charge < -0.3 is 15.2 Å². The Morgan fingerprint density at radius 2 is 1.86 bits per heavy atom. The Morgan fingerprint density at radius 1 is 1.29 bits per heavy atom. The lowest BCUT2D eigenvalue weighted by Gasteiger charge is -2.33. The van der Waals surface area contributed by atoms with Crippen molar-refractivity contribution in [2.75, 3.05) is 20.3 Å². The van der Waals surface area contributed by atoms with Crippen molar-refractivity contribution in [2.45, 2.75) is 44.2 Å². The summed E-state index contributed by atoms with van der Waals surface area (Å²) >= 11 is 0. The molecule has 2 N–H and O–H groups in total. The third-order valence-electron chi connectivity index (χ3n) is 2.72. The zero-order chi connectivity index (χ0) is 9.73. The first-order valence-corrected chi connectivity index (χ1v) is 5.03. The Morgan fingerprint density at radius 3 is 2.36 bits per heavy atom. The molecule has 0 atom stereocenters. The molecule has 1 fully saturated rings. The average Bonchev–Trinajstić information content (AvgIpc) is 2.08. The van der Waals surface area contributed by atoms with E-state index >= 15 is 0 Å². The van der Waals surface area contributed by atoms with Crippen LogP contribution in [0.2, 0.25) is 0 Å². The Bertz CT molecular complexity index is 143. The molecule has 0 saturated heterocycles. The molecule has 14 heavy (non-hydrogen) atoms. The molecule has 1 saturated carbocycles. The Labute approximate surface area is 92.7 Å². The molecular weight excluding hydrogens is 202 g/mol. The van der Waals surface area contributed by atoms with Crippen LogP contribution in [-0.4, -0.2) is 32.0 Å². The van der Waals surface area contributed by atoms with Crippen LogP contribution in [0.1, 0.15) is 32.6 Å². The zero-order valence-corrected chi connectivity index (χ0v) is 9.94. The Kier molecular flexibility index (Phi) is 6.70. The van der Waals surface area contributed by atoms with E-state index in [1.165, 1.54) is 0 Å². The molecular formula is C10H22ClNO2. The van der Waals surface area contributed by atoms with E-state index in [4.69, 9.17) is 15.2 Å². The van der Waals surface area contributed by atoms with Crippen molar-refractivity contribution >= 4 is 12.4 Å². The number of methoxy groups -OCH3 is 1. The molecule has 0 aromatic carbocycles. The number of halogens is 1. The summed E-state index contributed by atoms with van der Waals surface area (Å²) in [6.45, 7) is 3.53. The third kappa shape index (κ3) is 5.15. The summed E-state index contributed by atoms with van der Waals surface area (Å²) in [5, 5.41) is 0. The van der Waals surface area contributed by atoms with E-state index in [0.29, 0.717) is 19.3 Å². The van der Waals surface area contributed by atoms with Crippen LogP contribution in [0, 0.1) is 0 Å². The van der Waals surface area contributed by atoms with Crippen molar-refractivity contribution in [1.29, 1.82) is 0 Å². The van der Waals surface area contributed by atoms with Gasteiger partial charge in [-0.3, -0.25) is 0 Å². The van der Waals surface area contributed by atoms with Crippen LogP contribution in [0.5, 0.6) is 0 Å². The van der Waals surface area contributed by atoms with Crippen molar-refractivity contribution in [3.05, 3.63) is 0 Å². The summed E-state index contributed by atoms with van der Waals surface area (Å²) in [7, 11) is 1.70. The molecule has 0 aromatic heterocycles. The Balaban J connectivity index is 0.00000169. The molecule has 0 unspecified atom stereocenters. The first-order valence-electron chi connectivity index (χ1n) is 5.03. The molecule has 3 nitrogen and oxygen atoms in total. The predicted molar refractivity (Wildman–Crippen MR) is 59.9 cm³/mol. The van der Waals surface area contributed by atoms with E-state index < -0.39 is 0 Å². The molecule has 1 rings (SSSR count). The highest BCUT2D eigenvalue weighted by Crippen LogP contribution is 2.27. The van der Waals surface area contributed by atoms with E-state index in [0.717, 1.165) is 25.7 Å². The van der Waals surface area contributed by atoms with Gasteiger partial charge in [0, 0.05) is 12.6 Å². The van der Waals surface area contributed by atoms with Gasteiger partial charge >= 0.3 is 0 Å². The highest BCUT2D eigenvalue weighted by atomic mass is 35.5. The average molecular weight is 224 g/mol. The number of ether oxygens (including phenoxy) is 2. The van der Waals surface area contributed by atoms with Gasteiger partial charge in [0.1, 0.15) is 0 Å². The lowest BCUT2D eigenvalue weighted by Crippen LogP contribution is -2.41. The highest BCUT2D eigenvalue weighted by Gasteiger charge is 2.27. The number of rotatable bonds is 4. The van der Waals surface area contributed by atoms with Gasteiger partial charge in [-0.2, -0.15) is 0 Å². The minimum atomic E-state index is 0. The van der Waals surface area contributed by atoms with Gasteiger partial charge in [-0.05, 0) is 32.6 Å². The van der Waals surface area contributed by atoms with Gasteiger partial charge in [-0.1, -0.05) is 0 Å². The van der Waals surface area contributed by atoms with E-state index in [-0.39, 0.29) is 17.9 Å². The topological polar surface area (TPSA) is 44.5 Å². The second-order valence-electron chi connectivity index (χ2n) is 4.22. The largest absolute Gasteiger partial charge is 0.382 e. The first kappa shape index (κ1) is 14.2. The standard InChI is InChI=1S/C10H21NO2.ClH/c1-10(11)5-3-9(4-6-10)13-8-7-12-2;/h9H,3-8,11H2,1-2H3;1H. The summed E-state index contributed by atoms with van der Waals surface area (Å²) in [6.07, 6.45) is 4.75. The van der Waals surface area contributed by atoms with Crippen molar-refractivity contribution in [1.82, 2.24) is 0 Å². The number of hydrogen-bond acceptors (Lipinski definition) is 3. The van der Waals surface area contributed by atoms with Crippen LogP contribution < -0.4 is 5.73 Å². The van der Waals surface area contributed by atoms with Gasteiger partial charge in [0.15, 0.2) is 0 Å². The quantitative estimate of drug-likeness (QED) is 0.739. The number of hydrogen-bond donors (Lipinski definition) is 1. The molecule has 0 heterocycles. The van der Waals surface area contributed by atoms with E-state index in [2.05, 4.69) is 6.92 Å². The van der Waals surface area contributed by atoms with Crippen molar-refractivity contribution in [3.8, 4) is 0 Å². The summed E-state index contributed by atoms with van der Waals surface area (Å²) in [4.78, 5) is 0. The van der Waals surface area contributed by atoms with Crippen LogP contribution >= 0.6 is 12.4 Å². The first-order chi connectivity index (χ1) is 6.14. The van der Waals surface area contributed by atoms with Crippen molar-refractivity contribution < 1.29 is 9.47 Å². The summed E-state index contributed by atoms with van der Waals surface area (Å²) in [6, 6.07) is 0. The molecule has 1 aliphatic carbocycles. The zero-order valence-electron chi connectivity index (χ0n) is 9.12. The lowest BCUT2D eigenvalue weighted by atomic mass is 9.83. The maximum Gasteiger partial charge on any atom is 0.0704 e. The molecule has 0 spiro atoms. The Hall–Kier alpha value is 0.170. The minimum absolute atomic E-state index is 0. The van der Waals surface area contributed by atoms with Crippen LogP contribution in [0.15, 0.2) is 0 Å². The van der Waals surface area contributed by atoms with Gasteiger partial charge in [0.25, 0.3) is 0 Å². The lowest BCUT2D eigenvalue weighted by molar-refractivity contribution is -0.00921. The van der Waals surface area contributed by atoms with Crippen LogP contribution in [0.4, 0.5) is 0 Å². The molecule has 4 heteroatoms. The molecule has 86 valence electrons. The van der Waals surface area contributed by atoms with Crippen molar-refractivity contribution in [3.63, 3.8) is 0 Å². The van der Waals surface area contributed by atoms with Crippen LogP contribution in [0.3, 0.4) is 0 Å². The molecule has 0 aliphatic heterocycles. The molecule has 0 bridgehead atoms. The maximum absolute atomic E-state index is 6.01. The fraction of sp³-hybridized carbons (Fsp3) is 1.00. The van der Waals surface area contributed by atoms with Crippen LogP contribution in [-0.2, 0) is 9.47 Å². The molecule has 1 aliphatic rings. The second kappa shape index (κ2) is 6.62. The highest BCUT2D eigenvalue weighted by molar-refractivity contribution is 5.85. The van der Waals surface area contributed by atoms with Gasteiger partial charge in [0.2, 0.25) is 0 Å². The summed E-state index contributed by atoms with van der Waals surface area (Å²) < 4.78 is 10.6. The summed E-state index contributed by atoms with van der Waals surface area (Å²) in [5.41, 5.74) is 6.06. The molecule has 0 amide bonds. The normalized spacial score (nSPS) is 32.4. The second-order valence-corrected chi connectivity index (χ2v) is 4.22. The fourth-order valence-electron chi connectivity index (χ4n) is 1.72. The number of nitrogens with two attached hydrogens (primary N) is 1. The van der Waals surface area contributed by atoms with Gasteiger partial charge in [0.05, 0.1) is 19.3 Å². The van der Waals surface area contributed by atoms with Gasteiger partial charge in [-0.25, -0.2) is 0 Å². The van der Waals surface area contributed by atoms with E-state index in [1.54, 1.807) is 7.11 Å². The van der Waals surface area contributed by atoms with Crippen LogP contribution in [0.25, 0.3) is 0 Å². The molecule has 0 radical (unpaired) electrons. The maximum atomic E-state index is 6.01.